The van der Waals surface area contributed by atoms with Crippen molar-refractivity contribution in [3.63, 3.8) is 0 Å². The predicted octanol–water partition coefficient (Wildman–Crippen LogP) is 3.49. The minimum absolute atomic E-state index is 0.00965. The van der Waals surface area contributed by atoms with Crippen LogP contribution in [-0.4, -0.2) is 40.4 Å². The number of rotatable bonds is 0. The fourth-order valence-corrected chi connectivity index (χ4v) is 11.8. The Morgan fingerprint density at radius 2 is 1.33 bits per heavy atom. The van der Waals surface area contributed by atoms with Crippen LogP contribution in [-0.2, 0) is 4.74 Å². The maximum absolute atomic E-state index is 6.81. The SMILES string of the molecule is ClC1C2C3C4(Cl)C2(Cl)C2(Cl)C(Cl)(Cl)C4(Cl)C34OC142. The largest absolute Gasteiger partial charge is 0.356 e. The molecule has 0 aromatic carbocycles. The lowest BCUT2D eigenvalue weighted by molar-refractivity contribution is -0.117. The maximum atomic E-state index is 6.81. The van der Waals surface area contributed by atoms with Crippen LogP contribution in [0.1, 0.15) is 0 Å². The summed E-state index contributed by atoms with van der Waals surface area (Å²) in [5, 5.41) is -0.329. The Bertz CT molecular complexity index is 595. The van der Waals surface area contributed by atoms with E-state index < -0.39 is 35.0 Å². The molecule has 0 N–H and O–H groups in total. The molecular formula is C10H3Cl7O. The Hall–Kier alpha value is 1.99. The van der Waals surface area contributed by atoms with Crippen molar-refractivity contribution in [2.75, 3.05) is 0 Å². The summed E-state index contributed by atoms with van der Waals surface area (Å²) in [7, 11) is 0. The topological polar surface area (TPSA) is 12.5 Å². The molecule has 7 rings (SSSR count). The molecule has 6 saturated carbocycles. The van der Waals surface area contributed by atoms with E-state index in [9.17, 15) is 0 Å². The van der Waals surface area contributed by atoms with Gasteiger partial charge >= 0.3 is 0 Å². The van der Waals surface area contributed by atoms with Gasteiger partial charge in [0.1, 0.15) is 21.0 Å². The van der Waals surface area contributed by atoms with Gasteiger partial charge in [0.25, 0.3) is 0 Å². The third-order valence-electron chi connectivity index (χ3n) is 6.64. The van der Waals surface area contributed by atoms with E-state index in [4.69, 9.17) is 85.9 Å². The first-order valence-electron chi connectivity index (χ1n) is 5.58. The van der Waals surface area contributed by atoms with Crippen molar-refractivity contribution in [3.8, 4) is 0 Å². The Morgan fingerprint density at radius 3 is 1.94 bits per heavy atom. The molecule has 8 heteroatoms. The lowest BCUT2D eigenvalue weighted by Gasteiger charge is -2.74. The zero-order valence-corrected chi connectivity index (χ0v) is 13.6. The van der Waals surface area contributed by atoms with Crippen LogP contribution in [0.15, 0.2) is 0 Å². The molecule has 1 saturated heterocycles. The standard InChI is InChI=1S/C10H3Cl7O/c11-3-1-2-5(13)4(1,12)8(14)7(3)6(2,18-7)9(5,15)10(8,16)17/h1-3H. The first kappa shape index (κ1) is 11.5. The average Bonchev–Trinajstić information content (AvgIpc) is 2.94. The summed E-state index contributed by atoms with van der Waals surface area (Å²) < 4.78 is 4.51. The van der Waals surface area contributed by atoms with Gasteiger partial charge in [-0.05, 0) is 0 Å². The summed E-state index contributed by atoms with van der Waals surface area (Å²) >= 11 is 46.7. The van der Waals surface area contributed by atoms with Crippen LogP contribution in [0.4, 0.5) is 0 Å². The second-order valence-electron chi connectivity index (χ2n) is 6.29. The molecule has 1 nitrogen and oxygen atoms in total. The Kier molecular flexibility index (Phi) is 1.35. The van der Waals surface area contributed by atoms with Crippen LogP contribution >= 0.6 is 81.2 Å². The number of epoxide rings is 1. The van der Waals surface area contributed by atoms with Gasteiger partial charge in [0, 0.05) is 11.8 Å². The van der Waals surface area contributed by atoms with Gasteiger partial charge in [-0.3, -0.25) is 0 Å². The predicted molar refractivity (Wildman–Crippen MR) is 71.9 cm³/mol. The minimum atomic E-state index is -1.44. The van der Waals surface area contributed by atoms with Crippen molar-refractivity contribution in [2.24, 2.45) is 11.8 Å². The number of hydrogen-bond acceptors (Lipinski definition) is 1. The van der Waals surface area contributed by atoms with Gasteiger partial charge in [-0.2, -0.15) is 0 Å². The molecule has 9 atom stereocenters. The molecule has 0 aromatic heterocycles. The smallest absolute Gasteiger partial charge is 0.165 e. The highest BCUT2D eigenvalue weighted by molar-refractivity contribution is 6.68. The number of ether oxygens (including phenoxy) is 1. The van der Waals surface area contributed by atoms with E-state index in [0.717, 1.165) is 0 Å². The molecule has 7 fully saturated rings. The van der Waals surface area contributed by atoms with Crippen molar-refractivity contribution in [3.05, 3.63) is 0 Å². The lowest BCUT2D eigenvalue weighted by Crippen LogP contribution is -2.92. The van der Waals surface area contributed by atoms with Crippen molar-refractivity contribution in [1.82, 2.24) is 0 Å². The van der Waals surface area contributed by atoms with Gasteiger partial charge < -0.3 is 4.74 Å². The van der Waals surface area contributed by atoms with E-state index in [1.807, 2.05) is 0 Å². The van der Waals surface area contributed by atoms with E-state index in [2.05, 4.69) is 0 Å². The Labute approximate surface area is 137 Å². The number of alkyl halides is 7. The summed E-state index contributed by atoms with van der Waals surface area (Å²) in [6, 6.07) is 0. The molecule has 0 aromatic rings. The van der Waals surface area contributed by atoms with Crippen LogP contribution in [0.2, 0.25) is 0 Å². The van der Waals surface area contributed by atoms with Gasteiger partial charge in [-0.25, -0.2) is 0 Å². The van der Waals surface area contributed by atoms with Crippen molar-refractivity contribution in [2.45, 2.75) is 40.4 Å². The molecule has 1 aliphatic heterocycles. The highest BCUT2D eigenvalue weighted by atomic mass is 35.5. The van der Waals surface area contributed by atoms with Gasteiger partial charge in [0.15, 0.2) is 4.33 Å². The molecule has 6 aliphatic carbocycles. The molecule has 2 spiro atoms. The minimum Gasteiger partial charge on any atom is -0.356 e. The van der Waals surface area contributed by atoms with Crippen LogP contribution in [0.3, 0.4) is 0 Å². The van der Waals surface area contributed by atoms with Gasteiger partial charge in [0.05, 0.1) is 15.1 Å². The van der Waals surface area contributed by atoms with Gasteiger partial charge in [-0.1, -0.05) is 23.2 Å². The monoisotopic (exact) mass is 384 g/mol. The second-order valence-corrected chi connectivity index (χ2v) is 10.4. The highest BCUT2D eigenvalue weighted by Crippen LogP contribution is 3.11. The van der Waals surface area contributed by atoms with Crippen molar-refractivity contribution < 1.29 is 4.74 Å². The first-order chi connectivity index (χ1) is 8.11. The third kappa shape index (κ3) is 0.429. The highest BCUT2D eigenvalue weighted by Gasteiger charge is 3.29. The molecule has 4 bridgehead atoms. The zero-order valence-electron chi connectivity index (χ0n) is 8.29. The van der Waals surface area contributed by atoms with E-state index in [1.165, 1.54) is 0 Å². The molecule has 9 unspecified atom stereocenters. The van der Waals surface area contributed by atoms with Gasteiger partial charge in [-0.15, -0.1) is 58.0 Å². The van der Waals surface area contributed by atoms with E-state index in [1.54, 1.807) is 0 Å². The molecule has 7 aliphatic rings. The summed E-state index contributed by atoms with van der Waals surface area (Å²) in [5.74, 6) is -0.0220. The number of halogens is 7. The lowest BCUT2D eigenvalue weighted by atomic mass is 9.38. The quantitative estimate of drug-likeness (QED) is 0.458. The molecule has 0 amide bonds. The molecule has 98 valence electrons. The Balaban J connectivity index is 1.88. The molecule has 0 radical (unpaired) electrons. The fraction of sp³-hybridized carbons (Fsp3) is 1.00. The Morgan fingerprint density at radius 1 is 0.778 bits per heavy atom. The van der Waals surface area contributed by atoms with Crippen LogP contribution < -0.4 is 0 Å². The first-order valence-corrected chi connectivity index (χ1v) is 8.29. The number of hydrogen-bond donors (Lipinski definition) is 0. The zero-order chi connectivity index (χ0) is 12.9. The van der Waals surface area contributed by atoms with E-state index in [-0.39, 0.29) is 17.2 Å². The average molecular weight is 387 g/mol. The van der Waals surface area contributed by atoms with Crippen molar-refractivity contribution in [1.29, 1.82) is 0 Å². The van der Waals surface area contributed by atoms with E-state index >= 15 is 0 Å². The van der Waals surface area contributed by atoms with Crippen LogP contribution in [0, 0.1) is 11.8 Å². The summed E-state index contributed by atoms with van der Waals surface area (Å²) in [6.07, 6.45) is 0. The normalized spacial score (nSPS) is 89.8. The maximum Gasteiger partial charge on any atom is 0.165 e. The molecule has 1 heterocycles. The molecular weight excluding hydrogens is 384 g/mol. The van der Waals surface area contributed by atoms with Crippen LogP contribution in [0.5, 0.6) is 0 Å². The summed E-state index contributed by atoms with van der Waals surface area (Å²) in [4.78, 5) is -4.31. The molecule has 18 heavy (non-hydrogen) atoms. The van der Waals surface area contributed by atoms with E-state index in [0.29, 0.717) is 0 Å². The summed E-state index contributed by atoms with van der Waals surface area (Å²) in [5.41, 5.74) is -1.50. The van der Waals surface area contributed by atoms with Gasteiger partial charge in [0.2, 0.25) is 0 Å². The van der Waals surface area contributed by atoms with Crippen LogP contribution in [0.25, 0.3) is 0 Å². The third-order valence-corrected chi connectivity index (χ3v) is 12.4. The van der Waals surface area contributed by atoms with Crippen molar-refractivity contribution >= 4 is 81.2 Å². The fourth-order valence-electron chi connectivity index (χ4n) is 6.42. The summed E-state index contributed by atoms with van der Waals surface area (Å²) in [6.45, 7) is 0. The second kappa shape index (κ2) is 2.11.